The van der Waals surface area contributed by atoms with Gasteiger partial charge in [-0.05, 0) is 60.7 Å². The normalized spacial score (nSPS) is 12.4. The van der Waals surface area contributed by atoms with Crippen LogP contribution in [0.5, 0.6) is 0 Å². The number of benzene rings is 2. The van der Waals surface area contributed by atoms with Gasteiger partial charge in [-0.25, -0.2) is 0 Å². The molecule has 1 atom stereocenters. The van der Waals surface area contributed by atoms with E-state index in [-0.39, 0.29) is 0 Å². The quantitative estimate of drug-likeness (QED) is 0.855. The summed E-state index contributed by atoms with van der Waals surface area (Å²) in [6.45, 7) is 0.683. The Hall–Kier alpha value is -0.830. The summed E-state index contributed by atoms with van der Waals surface area (Å²) in [6, 6.07) is 16.4. The second-order valence-corrected chi connectivity index (χ2v) is 6.12. The molecule has 0 aromatic heterocycles. The van der Waals surface area contributed by atoms with Crippen molar-refractivity contribution in [2.24, 2.45) is 11.7 Å². The number of rotatable bonds is 5. The molecule has 3 heteroatoms. The van der Waals surface area contributed by atoms with Crippen LogP contribution in [-0.2, 0) is 12.8 Å². The molecule has 0 aliphatic heterocycles. The van der Waals surface area contributed by atoms with Crippen LogP contribution < -0.4 is 5.73 Å². The van der Waals surface area contributed by atoms with E-state index in [4.69, 9.17) is 17.3 Å². The second-order valence-electron chi connectivity index (χ2n) is 4.77. The van der Waals surface area contributed by atoms with Crippen LogP contribution in [0.4, 0.5) is 0 Å². The second kappa shape index (κ2) is 7.09. The summed E-state index contributed by atoms with van der Waals surface area (Å²) in [6.07, 6.45) is 1.96. The highest BCUT2D eigenvalue weighted by atomic mass is 79.9. The molecule has 19 heavy (non-hydrogen) atoms. The first-order valence-corrected chi connectivity index (χ1v) is 7.53. The minimum absolute atomic E-state index is 0.444. The standard InChI is InChI=1S/C16H17BrClN/c17-15-6-4-12(5-7-15)8-14(11-19)9-13-2-1-3-16(18)10-13/h1-7,10,14H,8-9,11,19H2. The molecule has 1 nitrogen and oxygen atoms in total. The van der Waals surface area contributed by atoms with E-state index in [1.165, 1.54) is 11.1 Å². The summed E-state index contributed by atoms with van der Waals surface area (Å²) in [5.41, 5.74) is 8.46. The molecule has 100 valence electrons. The topological polar surface area (TPSA) is 26.0 Å². The zero-order valence-electron chi connectivity index (χ0n) is 10.7. The smallest absolute Gasteiger partial charge is 0.0408 e. The molecule has 0 saturated carbocycles. The predicted molar refractivity (Wildman–Crippen MR) is 85.5 cm³/mol. The summed E-state index contributed by atoms with van der Waals surface area (Å²) in [7, 11) is 0. The zero-order valence-corrected chi connectivity index (χ0v) is 13.0. The van der Waals surface area contributed by atoms with Gasteiger partial charge in [0, 0.05) is 9.50 Å². The van der Waals surface area contributed by atoms with E-state index >= 15 is 0 Å². The summed E-state index contributed by atoms with van der Waals surface area (Å²) < 4.78 is 1.11. The van der Waals surface area contributed by atoms with Gasteiger partial charge in [-0.1, -0.05) is 51.8 Å². The van der Waals surface area contributed by atoms with Crippen LogP contribution in [-0.4, -0.2) is 6.54 Å². The molecule has 2 N–H and O–H groups in total. The first-order valence-electron chi connectivity index (χ1n) is 6.36. The molecule has 0 heterocycles. The fraction of sp³-hybridized carbons (Fsp3) is 0.250. The minimum Gasteiger partial charge on any atom is -0.330 e. The van der Waals surface area contributed by atoms with Gasteiger partial charge < -0.3 is 5.73 Å². The van der Waals surface area contributed by atoms with Crippen LogP contribution in [0.3, 0.4) is 0 Å². The van der Waals surface area contributed by atoms with Gasteiger partial charge in [-0.15, -0.1) is 0 Å². The summed E-state index contributed by atoms with van der Waals surface area (Å²) in [5.74, 6) is 0.444. The third-order valence-electron chi connectivity index (χ3n) is 3.18. The first kappa shape index (κ1) is 14.6. The number of halogens is 2. The lowest BCUT2D eigenvalue weighted by atomic mass is 9.93. The van der Waals surface area contributed by atoms with Crippen molar-refractivity contribution in [1.29, 1.82) is 0 Å². The molecule has 0 saturated heterocycles. The maximum atomic E-state index is 6.01. The van der Waals surface area contributed by atoms with Crippen LogP contribution in [0.15, 0.2) is 53.0 Å². The van der Waals surface area contributed by atoms with Crippen LogP contribution >= 0.6 is 27.5 Å². The average Bonchev–Trinajstić information content (AvgIpc) is 2.40. The van der Waals surface area contributed by atoms with Crippen molar-refractivity contribution in [1.82, 2.24) is 0 Å². The van der Waals surface area contributed by atoms with E-state index in [0.717, 1.165) is 22.3 Å². The molecular weight excluding hydrogens is 322 g/mol. The van der Waals surface area contributed by atoms with Gasteiger partial charge in [0.1, 0.15) is 0 Å². The fourth-order valence-corrected chi connectivity index (χ4v) is 2.67. The summed E-state index contributed by atoms with van der Waals surface area (Å²) in [4.78, 5) is 0. The van der Waals surface area contributed by atoms with Crippen molar-refractivity contribution in [3.63, 3.8) is 0 Å². The van der Waals surface area contributed by atoms with E-state index in [9.17, 15) is 0 Å². The maximum Gasteiger partial charge on any atom is 0.0408 e. The number of hydrogen-bond acceptors (Lipinski definition) is 1. The van der Waals surface area contributed by atoms with Crippen molar-refractivity contribution in [2.75, 3.05) is 6.54 Å². The van der Waals surface area contributed by atoms with Crippen LogP contribution in [0.1, 0.15) is 11.1 Å². The number of nitrogens with two attached hydrogens (primary N) is 1. The molecule has 0 amide bonds. The van der Waals surface area contributed by atoms with Gasteiger partial charge in [0.25, 0.3) is 0 Å². The monoisotopic (exact) mass is 337 g/mol. The Kier molecular flexibility index (Phi) is 5.44. The molecule has 0 aliphatic rings. The first-order chi connectivity index (χ1) is 9.17. The SMILES string of the molecule is NCC(Cc1ccc(Br)cc1)Cc1cccc(Cl)c1. The Morgan fingerprint density at radius 2 is 1.68 bits per heavy atom. The van der Waals surface area contributed by atoms with Crippen molar-refractivity contribution in [2.45, 2.75) is 12.8 Å². The van der Waals surface area contributed by atoms with Gasteiger partial charge in [0.05, 0.1) is 0 Å². The number of hydrogen-bond donors (Lipinski definition) is 1. The maximum absolute atomic E-state index is 6.01. The highest BCUT2D eigenvalue weighted by Crippen LogP contribution is 2.18. The van der Waals surface area contributed by atoms with Gasteiger partial charge >= 0.3 is 0 Å². The Balaban J connectivity index is 2.02. The Labute approximate surface area is 127 Å². The van der Waals surface area contributed by atoms with Gasteiger partial charge in [-0.3, -0.25) is 0 Å². The van der Waals surface area contributed by atoms with Crippen molar-refractivity contribution >= 4 is 27.5 Å². The van der Waals surface area contributed by atoms with Crippen molar-refractivity contribution in [3.8, 4) is 0 Å². The Morgan fingerprint density at radius 1 is 1.00 bits per heavy atom. The molecule has 0 aliphatic carbocycles. The molecule has 2 aromatic carbocycles. The lowest BCUT2D eigenvalue weighted by Gasteiger charge is -2.15. The van der Waals surface area contributed by atoms with E-state index < -0.39 is 0 Å². The van der Waals surface area contributed by atoms with Gasteiger partial charge in [-0.2, -0.15) is 0 Å². The van der Waals surface area contributed by atoms with Gasteiger partial charge in [0.15, 0.2) is 0 Å². The molecule has 0 bridgehead atoms. The van der Waals surface area contributed by atoms with E-state index in [2.05, 4.69) is 46.3 Å². The lowest BCUT2D eigenvalue weighted by Crippen LogP contribution is -2.19. The van der Waals surface area contributed by atoms with Crippen molar-refractivity contribution < 1.29 is 0 Å². The lowest BCUT2D eigenvalue weighted by molar-refractivity contribution is 0.533. The summed E-state index contributed by atoms with van der Waals surface area (Å²) in [5, 5.41) is 0.789. The molecule has 0 spiro atoms. The largest absolute Gasteiger partial charge is 0.330 e. The van der Waals surface area contributed by atoms with Crippen molar-refractivity contribution in [3.05, 3.63) is 69.2 Å². The third-order valence-corrected chi connectivity index (χ3v) is 3.95. The van der Waals surface area contributed by atoms with Crippen LogP contribution in [0.25, 0.3) is 0 Å². The zero-order chi connectivity index (χ0) is 13.7. The Bertz CT molecular complexity index is 525. The minimum atomic E-state index is 0.444. The average molecular weight is 339 g/mol. The molecule has 2 rings (SSSR count). The molecule has 0 radical (unpaired) electrons. The highest BCUT2D eigenvalue weighted by Gasteiger charge is 2.09. The molecular formula is C16H17BrClN. The summed E-state index contributed by atoms with van der Waals surface area (Å²) >= 11 is 9.46. The molecule has 1 unspecified atom stereocenters. The Morgan fingerprint density at radius 3 is 2.32 bits per heavy atom. The fourth-order valence-electron chi connectivity index (χ4n) is 2.19. The van der Waals surface area contributed by atoms with E-state index in [0.29, 0.717) is 12.5 Å². The van der Waals surface area contributed by atoms with Crippen LogP contribution in [0.2, 0.25) is 5.02 Å². The van der Waals surface area contributed by atoms with E-state index in [1.54, 1.807) is 0 Å². The third kappa shape index (κ3) is 4.64. The molecule has 2 aromatic rings. The van der Waals surface area contributed by atoms with Gasteiger partial charge in [0.2, 0.25) is 0 Å². The molecule has 0 fully saturated rings. The highest BCUT2D eigenvalue weighted by molar-refractivity contribution is 9.10. The van der Waals surface area contributed by atoms with E-state index in [1.807, 2.05) is 18.2 Å². The van der Waals surface area contributed by atoms with Crippen LogP contribution in [0, 0.1) is 5.92 Å². The predicted octanol–water partition coefficient (Wildman–Crippen LogP) is 4.46.